The number of nitrogens with zero attached hydrogens (tertiary/aromatic N) is 3. The molecule has 0 spiro atoms. The number of carbonyl (C=O) groups excluding carboxylic acids is 1. The molecule has 7 nitrogen and oxygen atoms in total. The number of non-ortho nitro benzene ring substituents is 1. The highest BCUT2D eigenvalue weighted by molar-refractivity contribution is 6.32. The summed E-state index contributed by atoms with van der Waals surface area (Å²) in [5.41, 5.74) is 2.17. The Hall–Kier alpha value is -3.20. The molecule has 35 heavy (non-hydrogen) atoms. The fourth-order valence-corrected chi connectivity index (χ4v) is 4.26. The number of benzene rings is 3. The van der Waals surface area contributed by atoms with Crippen LogP contribution in [0.1, 0.15) is 21.5 Å². The van der Waals surface area contributed by atoms with Crippen molar-refractivity contribution in [1.82, 2.24) is 9.80 Å². The quantitative estimate of drug-likeness (QED) is 0.302. The van der Waals surface area contributed by atoms with Crippen LogP contribution in [0.15, 0.2) is 60.7 Å². The Labute approximate surface area is 211 Å². The van der Waals surface area contributed by atoms with E-state index < -0.39 is 4.92 Å². The molecule has 0 aromatic heterocycles. The van der Waals surface area contributed by atoms with Gasteiger partial charge in [-0.05, 0) is 41.5 Å². The number of nitro groups is 1. The summed E-state index contributed by atoms with van der Waals surface area (Å²) in [6.45, 7) is 3.37. The molecule has 10 heteroatoms. The van der Waals surface area contributed by atoms with E-state index in [0.717, 1.165) is 11.1 Å². The number of hydrogen-bond donors (Lipinski definition) is 0. The molecule has 1 amide bonds. The molecule has 1 aliphatic heterocycles. The lowest BCUT2D eigenvalue weighted by Gasteiger charge is -2.35. The van der Waals surface area contributed by atoms with Crippen LogP contribution in [-0.2, 0) is 13.2 Å². The van der Waals surface area contributed by atoms with Gasteiger partial charge in [0.2, 0.25) is 0 Å². The first-order valence-electron chi connectivity index (χ1n) is 10.9. The molecule has 0 radical (unpaired) electrons. The molecule has 0 aliphatic carbocycles. The highest BCUT2D eigenvalue weighted by Gasteiger charge is 2.22. The standard InChI is InChI=1S/C25H22Cl2FN3O4/c26-22-13-20(28)6-5-19(22)15-29-9-11-30(12-10-29)25(32)18-3-1-17(2-4-18)16-35-24-8-7-21(31(33)34)14-23(24)27/h1-8,13-14H,9-12,15-16H2. The van der Waals surface area contributed by atoms with Crippen molar-refractivity contribution in [2.24, 2.45) is 0 Å². The van der Waals surface area contributed by atoms with Gasteiger partial charge in [-0.25, -0.2) is 4.39 Å². The van der Waals surface area contributed by atoms with E-state index in [4.69, 9.17) is 27.9 Å². The normalized spacial score (nSPS) is 14.1. The highest BCUT2D eigenvalue weighted by atomic mass is 35.5. The Morgan fingerprint density at radius 1 is 0.971 bits per heavy atom. The third-order valence-electron chi connectivity index (χ3n) is 5.79. The molecule has 0 atom stereocenters. The van der Waals surface area contributed by atoms with Crippen LogP contribution >= 0.6 is 23.2 Å². The minimum atomic E-state index is -0.521. The van der Waals surface area contributed by atoms with Gasteiger partial charge in [0.05, 0.1) is 9.95 Å². The van der Waals surface area contributed by atoms with Crippen molar-refractivity contribution in [2.75, 3.05) is 26.2 Å². The topological polar surface area (TPSA) is 75.9 Å². The number of nitro benzene ring substituents is 1. The summed E-state index contributed by atoms with van der Waals surface area (Å²) in [7, 11) is 0. The van der Waals surface area contributed by atoms with Crippen LogP contribution in [0.25, 0.3) is 0 Å². The molecule has 1 aliphatic rings. The van der Waals surface area contributed by atoms with E-state index in [9.17, 15) is 19.3 Å². The number of halogens is 3. The molecule has 0 saturated carbocycles. The zero-order valence-corrected chi connectivity index (χ0v) is 20.1. The van der Waals surface area contributed by atoms with E-state index in [-0.39, 0.29) is 29.0 Å². The lowest BCUT2D eigenvalue weighted by Crippen LogP contribution is -2.48. The van der Waals surface area contributed by atoms with Crippen molar-refractivity contribution in [3.8, 4) is 5.75 Å². The number of amides is 1. The molecule has 3 aromatic rings. The summed E-state index contributed by atoms with van der Waals surface area (Å²) in [6.07, 6.45) is 0. The molecular formula is C25H22Cl2FN3O4. The number of carbonyl (C=O) groups is 1. The van der Waals surface area contributed by atoms with E-state index >= 15 is 0 Å². The smallest absolute Gasteiger partial charge is 0.271 e. The Morgan fingerprint density at radius 2 is 1.69 bits per heavy atom. The molecule has 4 rings (SSSR count). The summed E-state index contributed by atoms with van der Waals surface area (Å²) in [4.78, 5) is 27.2. The zero-order chi connectivity index (χ0) is 24.9. The Bertz CT molecular complexity index is 1230. The summed E-state index contributed by atoms with van der Waals surface area (Å²) in [5, 5.41) is 11.4. The van der Waals surface area contributed by atoms with Gasteiger partial charge in [-0.3, -0.25) is 19.8 Å². The van der Waals surface area contributed by atoms with Gasteiger partial charge in [-0.1, -0.05) is 41.4 Å². The van der Waals surface area contributed by atoms with Crippen LogP contribution in [0, 0.1) is 15.9 Å². The number of rotatable bonds is 7. The molecule has 0 unspecified atom stereocenters. The minimum Gasteiger partial charge on any atom is -0.487 e. The fraction of sp³-hybridized carbons (Fsp3) is 0.240. The molecular weight excluding hydrogens is 496 g/mol. The average Bonchev–Trinajstić information content (AvgIpc) is 2.85. The third kappa shape index (κ3) is 6.28. The third-order valence-corrected chi connectivity index (χ3v) is 6.44. The second-order valence-corrected chi connectivity index (χ2v) is 8.98. The lowest BCUT2D eigenvalue weighted by molar-refractivity contribution is -0.384. The largest absolute Gasteiger partial charge is 0.487 e. The van der Waals surface area contributed by atoms with Crippen molar-refractivity contribution in [3.05, 3.63) is 103 Å². The first kappa shape index (κ1) is 24.9. The van der Waals surface area contributed by atoms with Crippen molar-refractivity contribution in [2.45, 2.75) is 13.2 Å². The van der Waals surface area contributed by atoms with Gasteiger partial charge in [0, 0.05) is 55.4 Å². The minimum absolute atomic E-state index is 0.0460. The van der Waals surface area contributed by atoms with Gasteiger partial charge >= 0.3 is 0 Å². The highest BCUT2D eigenvalue weighted by Crippen LogP contribution is 2.29. The number of piperazine rings is 1. The maximum absolute atomic E-state index is 13.3. The van der Waals surface area contributed by atoms with Crippen LogP contribution in [-0.4, -0.2) is 46.8 Å². The Kier molecular flexibility index (Phi) is 7.85. The molecule has 1 fully saturated rings. The van der Waals surface area contributed by atoms with Crippen molar-refractivity contribution in [3.63, 3.8) is 0 Å². The fourth-order valence-electron chi connectivity index (χ4n) is 3.81. The monoisotopic (exact) mass is 517 g/mol. The predicted molar refractivity (Wildman–Crippen MR) is 131 cm³/mol. The molecule has 0 N–H and O–H groups in total. The maximum Gasteiger partial charge on any atom is 0.271 e. The predicted octanol–water partition coefficient (Wildman–Crippen LogP) is 5.58. The van der Waals surface area contributed by atoms with Crippen LogP contribution in [0.5, 0.6) is 5.75 Å². The van der Waals surface area contributed by atoms with Crippen LogP contribution in [0.2, 0.25) is 10.0 Å². The van der Waals surface area contributed by atoms with Gasteiger partial charge in [0.1, 0.15) is 18.2 Å². The maximum atomic E-state index is 13.3. The molecule has 0 bridgehead atoms. The number of ether oxygens (including phenoxy) is 1. The van der Waals surface area contributed by atoms with E-state index in [0.29, 0.717) is 49.1 Å². The van der Waals surface area contributed by atoms with Gasteiger partial charge in [-0.15, -0.1) is 0 Å². The summed E-state index contributed by atoms with van der Waals surface area (Å²) >= 11 is 12.2. The summed E-state index contributed by atoms with van der Waals surface area (Å²) in [6, 6.07) is 15.6. The SMILES string of the molecule is O=C(c1ccc(COc2ccc([N+](=O)[O-])cc2Cl)cc1)N1CCN(Cc2ccc(F)cc2Cl)CC1. The van der Waals surface area contributed by atoms with E-state index in [2.05, 4.69) is 4.90 Å². The molecule has 3 aromatic carbocycles. The molecule has 1 saturated heterocycles. The van der Waals surface area contributed by atoms with Crippen molar-refractivity contribution in [1.29, 1.82) is 0 Å². The van der Waals surface area contributed by atoms with Crippen molar-refractivity contribution < 1.29 is 18.8 Å². The van der Waals surface area contributed by atoms with E-state index in [1.54, 1.807) is 30.3 Å². The number of hydrogen-bond acceptors (Lipinski definition) is 5. The van der Waals surface area contributed by atoms with Gasteiger partial charge in [-0.2, -0.15) is 0 Å². The second kappa shape index (κ2) is 11.0. The lowest BCUT2D eigenvalue weighted by atomic mass is 10.1. The zero-order valence-electron chi connectivity index (χ0n) is 18.6. The van der Waals surface area contributed by atoms with Crippen LogP contribution in [0.4, 0.5) is 10.1 Å². The molecule has 1 heterocycles. The van der Waals surface area contributed by atoms with Crippen LogP contribution < -0.4 is 4.74 Å². The Morgan fingerprint density at radius 3 is 2.31 bits per heavy atom. The van der Waals surface area contributed by atoms with E-state index in [1.807, 2.05) is 4.90 Å². The molecule has 182 valence electrons. The summed E-state index contributed by atoms with van der Waals surface area (Å²) in [5.74, 6) is -0.0607. The second-order valence-electron chi connectivity index (χ2n) is 8.16. The van der Waals surface area contributed by atoms with Gasteiger partial charge in [0.25, 0.3) is 11.6 Å². The van der Waals surface area contributed by atoms with Crippen molar-refractivity contribution >= 4 is 34.8 Å². The first-order valence-corrected chi connectivity index (χ1v) is 11.7. The Balaban J connectivity index is 1.28. The summed E-state index contributed by atoms with van der Waals surface area (Å²) < 4.78 is 18.9. The van der Waals surface area contributed by atoms with Gasteiger partial charge in [0.15, 0.2) is 0 Å². The van der Waals surface area contributed by atoms with E-state index in [1.165, 1.54) is 30.3 Å². The van der Waals surface area contributed by atoms with Gasteiger partial charge < -0.3 is 9.64 Å². The average molecular weight is 518 g/mol. The first-order chi connectivity index (χ1) is 16.8. The van der Waals surface area contributed by atoms with Crippen LogP contribution in [0.3, 0.4) is 0 Å².